The van der Waals surface area contributed by atoms with E-state index in [0.717, 1.165) is 6.42 Å². The van der Waals surface area contributed by atoms with Crippen LogP contribution >= 0.6 is 0 Å². The molecule has 0 saturated heterocycles. The van der Waals surface area contributed by atoms with Crippen molar-refractivity contribution in [1.29, 1.82) is 0 Å². The summed E-state index contributed by atoms with van der Waals surface area (Å²) in [6.07, 6.45) is 2.36. The first-order chi connectivity index (χ1) is 4.93. The average molecular weight is 154 g/mol. The van der Waals surface area contributed by atoms with Crippen LogP contribution < -0.4 is 0 Å². The van der Waals surface area contributed by atoms with Gasteiger partial charge in [0.05, 0.1) is 0 Å². The van der Waals surface area contributed by atoms with Crippen LogP contribution in [0.4, 0.5) is 0 Å². The fourth-order valence-electron chi connectivity index (χ4n) is 1.61. The molecule has 0 aliphatic heterocycles. The van der Waals surface area contributed by atoms with Gasteiger partial charge in [0.15, 0.2) is 0 Å². The molecule has 0 heterocycles. The standard InChI is InChI=1S/C10H18O/c1-7-5-6-8(7)9(11)10(2,3)4/h7-8H,5-6H2,1-4H3/t7-,8?/m0/s1. The molecule has 0 spiro atoms. The molecule has 64 valence electrons. The molecule has 0 N–H and O–H groups in total. The Morgan fingerprint density at radius 3 is 1.91 bits per heavy atom. The molecule has 1 heteroatoms. The van der Waals surface area contributed by atoms with Crippen molar-refractivity contribution >= 4 is 5.78 Å². The Hall–Kier alpha value is -0.330. The minimum Gasteiger partial charge on any atom is -0.299 e. The Balaban J connectivity index is 2.55. The van der Waals surface area contributed by atoms with E-state index >= 15 is 0 Å². The lowest BCUT2D eigenvalue weighted by Crippen LogP contribution is -2.37. The van der Waals surface area contributed by atoms with Gasteiger partial charge in [-0.3, -0.25) is 4.79 Å². The van der Waals surface area contributed by atoms with Gasteiger partial charge in [0.25, 0.3) is 0 Å². The molecule has 1 rings (SSSR count). The zero-order chi connectivity index (χ0) is 8.65. The molecule has 0 bridgehead atoms. The maximum atomic E-state index is 11.7. The van der Waals surface area contributed by atoms with E-state index in [1.54, 1.807) is 0 Å². The van der Waals surface area contributed by atoms with E-state index in [1.165, 1.54) is 6.42 Å². The largest absolute Gasteiger partial charge is 0.299 e. The molecule has 0 amide bonds. The van der Waals surface area contributed by atoms with Gasteiger partial charge in [-0.2, -0.15) is 0 Å². The summed E-state index contributed by atoms with van der Waals surface area (Å²) >= 11 is 0. The van der Waals surface area contributed by atoms with Crippen LogP contribution in [0.1, 0.15) is 40.5 Å². The summed E-state index contributed by atoms with van der Waals surface area (Å²) in [6, 6.07) is 0. The minimum absolute atomic E-state index is 0.126. The van der Waals surface area contributed by atoms with Gasteiger partial charge in [0.1, 0.15) is 5.78 Å². The molecule has 0 aromatic carbocycles. The van der Waals surface area contributed by atoms with E-state index < -0.39 is 0 Å². The second kappa shape index (κ2) is 2.62. The molecule has 1 saturated carbocycles. The van der Waals surface area contributed by atoms with Crippen LogP contribution in [-0.4, -0.2) is 5.78 Å². The molecule has 0 aromatic rings. The van der Waals surface area contributed by atoms with Crippen LogP contribution in [-0.2, 0) is 4.79 Å². The van der Waals surface area contributed by atoms with Gasteiger partial charge in [-0.1, -0.05) is 27.7 Å². The van der Waals surface area contributed by atoms with Gasteiger partial charge in [-0.25, -0.2) is 0 Å². The second-order valence-electron chi connectivity index (χ2n) is 4.78. The Bertz CT molecular complexity index is 164. The van der Waals surface area contributed by atoms with Crippen molar-refractivity contribution in [3.8, 4) is 0 Å². The van der Waals surface area contributed by atoms with E-state index in [0.29, 0.717) is 17.6 Å². The van der Waals surface area contributed by atoms with Crippen LogP contribution in [0.2, 0.25) is 0 Å². The van der Waals surface area contributed by atoms with Crippen LogP contribution in [0.25, 0.3) is 0 Å². The van der Waals surface area contributed by atoms with E-state index in [-0.39, 0.29) is 5.41 Å². The summed E-state index contributed by atoms with van der Waals surface area (Å²) in [4.78, 5) is 11.7. The number of carbonyl (C=O) groups excluding carboxylic acids is 1. The SMILES string of the molecule is C[C@H]1CCC1C(=O)C(C)(C)C. The molecule has 1 aliphatic carbocycles. The smallest absolute Gasteiger partial charge is 0.141 e. The number of hydrogen-bond donors (Lipinski definition) is 0. The van der Waals surface area contributed by atoms with Gasteiger partial charge in [0, 0.05) is 11.3 Å². The molecular weight excluding hydrogens is 136 g/mol. The summed E-state index contributed by atoms with van der Waals surface area (Å²) in [5.41, 5.74) is -0.126. The first-order valence-electron chi connectivity index (χ1n) is 4.47. The predicted molar refractivity (Wildman–Crippen MR) is 46.4 cm³/mol. The number of ketones is 1. The zero-order valence-electron chi connectivity index (χ0n) is 7.98. The van der Waals surface area contributed by atoms with Crippen LogP contribution in [0, 0.1) is 17.3 Å². The third-order valence-corrected chi connectivity index (χ3v) is 2.70. The highest BCUT2D eigenvalue weighted by molar-refractivity contribution is 5.86. The molecule has 1 unspecified atom stereocenters. The summed E-state index contributed by atoms with van der Waals surface area (Å²) in [7, 11) is 0. The highest BCUT2D eigenvalue weighted by Gasteiger charge is 2.38. The average Bonchev–Trinajstić information content (AvgIpc) is 1.83. The van der Waals surface area contributed by atoms with Gasteiger partial charge < -0.3 is 0 Å². The molecular formula is C10H18O. The molecule has 11 heavy (non-hydrogen) atoms. The lowest BCUT2D eigenvalue weighted by Gasteiger charge is -2.36. The zero-order valence-corrected chi connectivity index (χ0v) is 7.98. The van der Waals surface area contributed by atoms with Gasteiger partial charge in [0.2, 0.25) is 0 Å². The number of rotatable bonds is 1. The number of carbonyl (C=O) groups is 1. The van der Waals surface area contributed by atoms with Crippen molar-refractivity contribution in [3.63, 3.8) is 0 Å². The maximum Gasteiger partial charge on any atom is 0.141 e. The highest BCUT2D eigenvalue weighted by atomic mass is 16.1. The fraction of sp³-hybridized carbons (Fsp3) is 0.900. The topological polar surface area (TPSA) is 17.1 Å². The van der Waals surface area contributed by atoms with Crippen molar-refractivity contribution < 1.29 is 4.79 Å². The van der Waals surface area contributed by atoms with Crippen molar-refractivity contribution in [1.82, 2.24) is 0 Å². The van der Waals surface area contributed by atoms with Gasteiger partial charge in [-0.15, -0.1) is 0 Å². The Morgan fingerprint density at radius 2 is 1.82 bits per heavy atom. The monoisotopic (exact) mass is 154 g/mol. The van der Waals surface area contributed by atoms with Gasteiger partial charge in [-0.05, 0) is 18.8 Å². The summed E-state index contributed by atoms with van der Waals surface area (Å²) in [5, 5.41) is 0. The van der Waals surface area contributed by atoms with Crippen molar-refractivity contribution in [2.24, 2.45) is 17.3 Å². The Morgan fingerprint density at radius 1 is 1.27 bits per heavy atom. The second-order valence-corrected chi connectivity index (χ2v) is 4.78. The summed E-state index contributed by atoms with van der Waals surface area (Å²) in [6.45, 7) is 8.22. The highest BCUT2D eigenvalue weighted by Crippen LogP contribution is 2.38. The summed E-state index contributed by atoms with van der Waals surface area (Å²) in [5.74, 6) is 1.47. The van der Waals surface area contributed by atoms with Crippen LogP contribution in [0.3, 0.4) is 0 Å². The lowest BCUT2D eigenvalue weighted by atomic mass is 9.67. The third kappa shape index (κ3) is 1.63. The van der Waals surface area contributed by atoms with E-state index in [9.17, 15) is 4.79 Å². The normalized spacial score (nSPS) is 31.3. The van der Waals surface area contributed by atoms with Crippen molar-refractivity contribution in [3.05, 3.63) is 0 Å². The van der Waals surface area contributed by atoms with Crippen molar-refractivity contribution in [2.75, 3.05) is 0 Å². The molecule has 0 aromatic heterocycles. The van der Waals surface area contributed by atoms with E-state index in [1.807, 2.05) is 20.8 Å². The molecule has 0 radical (unpaired) electrons. The first-order valence-corrected chi connectivity index (χ1v) is 4.47. The van der Waals surface area contributed by atoms with Crippen LogP contribution in [0.15, 0.2) is 0 Å². The molecule has 2 atom stereocenters. The van der Waals surface area contributed by atoms with Gasteiger partial charge >= 0.3 is 0 Å². The van der Waals surface area contributed by atoms with Crippen molar-refractivity contribution in [2.45, 2.75) is 40.5 Å². The molecule has 1 aliphatic rings. The summed E-state index contributed by atoms with van der Waals surface area (Å²) < 4.78 is 0. The number of hydrogen-bond acceptors (Lipinski definition) is 1. The first kappa shape index (κ1) is 8.76. The quantitative estimate of drug-likeness (QED) is 0.567. The Labute approximate surface area is 69.2 Å². The Kier molecular flexibility index (Phi) is 2.08. The minimum atomic E-state index is -0.126. The predicted octanol–water partition coefficient (Wildman–Crippen LogP) is 2.65. The number of Topliss-reactive ketones (excluding diaryl/α,β-unsaturated/α-hetero) is 1. The third-order valence-electron chi connectivity index (χ3n) is 2.70. The van der Waals surface area contributed by atoms with E-state index in [4.69, 9.17) is 0 Å². The van der Waals surface area contributed by atoms with E-state index in [2.05, 4.69) is 6.92 Å². The van der Waals surface area contributed by atoms with Crippen LogP contribution in [0.5, 0.6) is 0 Å². The molecule has 1 fully saturated rings. The lowest BCUT2D eigenvalue weighted by molar-refractivity contribution is -0.135. The molecule has 1 nitrogen and oxygen atoms in total. The fourth-order valence-corrected chi connectivity index (χ4v) is 1.61. The maximum absolute atomic E-state index is 11.7.